The van der Waals surface area contributed by atoms with Crippen LogP contribution in [0.4, 0.5) is 10.1 Å². The molecule has 1 aromatic heterocycles. The number of aromatic nitrogens is 3. The third-order valence-corrected chi connectivity index (χ3v) is 7.24. The zero-order valence-corrected chi connectivity index (χ0v) is 18.7. The van der Waals surface area contributed by atoms with Crippen molar-refractivity contribution in [1.29, 1.82) is 0 Å². The Hall–Kier alpha value is -2.96. The van der Waals surface area contributed by atoms with Crippen molar-refractivity contribution in [2.75, 3.05) is 31.0 Å². The van der Waals surface area contributed by atoms with Gasteiger partial charge in [-0.15, -0.1) is 10.2 Å². The first-order valence-electron chi connectivity index (χ1n) is 9.02. The Kier molecular flexibility index (Phi) is 6.62. The Morgan fingerprint density at radius 3 is 2.61 bits per heavy atom. The van der Waals surface area contributed by atoms with Gasteiger partial charge >= 0.3 is 0 Å². The lowest BCUT2D eigenvalue weighted by Gasteiger charge is -2.15. The molecule has 0 atom stereocenters. The Morgan fingerprint density at radius 1 is 1.23 bits per heavy atom. The van der Waals surface area contributed by atoms with Crippen LogP contribution in [0.15, 0.2) is 52.5 Å². The van der Waals surface area contributed by atoms with Gasteiger partial charge in [0, 0.05) is 19.8 Å². The molecular formula is C19H21FN6O3S2. The number of hydrogen-bond donors (Lipinski definition) is 2. The van der Waals surface area contributed by atoms with Crippen molar-refractivity contribution in [2.24, 2.45) is 0 Å². The number of carbonyl (C=O) groups excluding carboxylic acids is 1. The van der Waals surface area contributed by atoms with E-state index >= 15 is 0 Å². The van der Waals surface area contributed by atoms with Crippen molar-refractivity contribution in [3.63, 3.8) is 0 Å². The molecule has 0 saturated carbocycles. The van der Waals surface area contributed by atoms with Gasteiger partial charge in [0.1, 0.15) is 5.82 Å². The van der Waals surface area contributed by atoms with Crippen LogP contribution in [0.1, 0.15) is 5.56 Å². The number of sulfonamides is 1. The monoisotopic (exact) mass is 464 g/mol. The fourth-order valence-electron chi connectivity index (χ4n) is 2.68. The quantitative estimate of drug-likeness (QED) is 0.405. The van der Waals surface area contributed by atoms with Crippen LogP contribution in [0, 0.1) is 12.7 Å². The first-order chi connectivity index (χ1) is 14.6. The SMILES string of the molecule is Cc1ccc(NC(=O)CSc2nnc(-c3ccccc3F)n2N)cc1S(=O)(=O)N(C)C. The van der Waals surface area contributed by atoms with E-state index in [1.165, 1.54) is 32.3 Å². The molecule has 1 heterocycles. The Bertz CT molecular complexity index is 1230. The molecule has 31 heavy (non-hydrogen) atoms. The van der Waals surface area contributed by atoms with Gasteiger partial charge in [-0.2, -0.15) is 0 Å². The summed E-state index contributed by atoms with van der Waals surface area (Å²) in [6, 6.07) is 10.7. The molecule has 0 bridgehead atoms. The number of nitrogen functional groups attached to an aromatic ring is 1. The van der Waals surface area contributed by atoms with Crippen LogP contribution >= 0.6 is 11.8 Å². The van der Waals surface area contributed by atoms with Gasteiger partial charge in [0.2, 0.25) is 21.1 Å². The van der Waals surface area contributed by atoms with Crippen molar-refractivity contribution in [2.45, 2.75) is 17.0 Å². The lowest BCUT2D eigenvalue weighted by atomic mass is 10.2. The van der Waals surface area contributed by atoms with Crippen molar-refractivity contribution in [3.05, 3.63) is 53.8 Å². The van der Waals surface area contributed by atoms with Gasteiger partial charge in [0.15, 0.2) is 5.82 Å². The average molecular weight is 465 g/mol. The number of nitrogens with one attached hydrogen (secondary N) is 1. The van der Waals surface area contributed by atoms with Crippen LogP contribution in [0.3, 0.4) is 0 Å². The second-order valence-corrected chi connectivity index (χ2v) is 9.82. The molecule has 3 rings (SSSR count). The molecule has 164 valence electrons. The standard InChI is InChI=1S/C19H21FN6O3S2/c1-12-8-9-13(10-16(12)31(28,29)25(2)3)22-17(27)11-30-19-24-23-18(26(19)21)14-6-4-5-7-15(14)20/h4-10H,11,21H2,1-3H3,(H,22,27). The van der Waals surface area contributed by atoms with E-state index in [0.29, 0.717) is 11.3 Å². The summed E-state index contributed by atoms with van der Waals surface area (Å²) < 4.78 is 41.1. The van der Waals surface area contributed by atoms with E-state index in [-0.39, 0.29) is 27.2 Å². The number of nitrogens with zero attached hydrogens (tertiary/aromatic N) is 4. The highest BCUT2D eigenvalue weighted by Gasteiger charge is 2.21. The molecule has 0 saturated heterocycles. The average Bonchev–Trinajstić information content (AvgIpc) is 3.08. The molecule has 2 aromatic carbocycles. The normalized spacial score (nSPS) is 11.6. The third-order valence-electron chi connectivity index (χ3n) is 4.34. The molecule has 0 aliphatic heterocycles. The Balaban J connectivity index is 1.70. The summed E-state index contributed by atoms with van der Waals surface area (Å²) in [6.45, 7) is 1.68. The summed E-state index contributed by atoms with van der Waals surface area (Å²) in [5, 5.41) is 10.7. The maximum atomic E-state index is 14.0. The van der Waals surface area contributed by atoms with E-state index in [1.54, 1.807) is 31.2 Å². The van der Waals surface area contributed by atoms with Gasteiger partial charge < -0.3 is 11.2 Å². The van der Waals surface area contributed by atoms with E-state index in [0.717, 1.165) is 20.7 Å². The number of benzene rings is 2. The molecule has 0 unspecified atom stereocenters. The molecule has 3 aromatic rings. The van der Waals surface area contributed by atoms with Gasteiger partial charge in [-0.05, 0) is 36.8 Å². The lowest BCUT2D eigenvalue weighted by molar-refractivity contribution is -0.113. The zero-order valence-electron chi connectivity index (χ0n) is 17.0. The highest BCUT2D eigenvalue weighted by atomic mass is 32.2. The number of rotatable bonds is 7. The number of aryl methyl sites for hydroxylation is 1. The first-order valence-corrected chi connectivity index (χ1v) is 11.4. The summed E-state index contributed by atoms with van der Waals surface area (Å²) >= 11 is 1.02. The number of amides is 1. The highest BCUT2D eigenvalue weighted by molar-refractivity contribution is 7.99. The van der Waals surface area contributed by atoms with Crippen LogP contribution in [-0.2, 0) is 14.8 Å². The minimum Gasteiger partial charge on any atom is -0.335 e. The van der Waals surface area contributed by atoms with E-state index in [9.17, 15) is 17.6 Å². The van der Waals surface area contributed by atoms with Gasteiger partial charge in [-0.25, -0.2) is 21.8 Å². The second kappa shape index (κ2) is 9.04. The molecule has 1 amide bonds. The fraction of sp³-hybridized carbons (Fsp3) is 0.211. The first kappa shape index (κ1) is 22.7. The molecule has 12 heteroatoms. The summed E-state index contributed by atoms with van der Waals surface area (Å²) in [6.07, 6.45) is 0. The predicted molar refractivity (Wildman–Crippen MR) is 117 cm³/mol. The van der Waals surface area contributed by atoms with Crippen LogP contribution in [0.25, 0.3) is 11.4 Å². The topological polar surface area (TPSA) is 123 Å². The number of hydrogen-bond acceptors (Lipinski definition) is 7. The fourth-order valence-corrected chi connectivity index (χ4v) is 4.48. The maximum Gasteiger partial charge on any atom is 0.242 e. The molecule has 3 N–H and O–H groups in total. The van der Waals surface area contributed by atoms with Gasteiger partial charge in [-0.1, -0.05) is 30.0 Å². The summed E-state index contributed by atoms with van der Waals surface area (Å²) in [4.78, 5) is 12.5. The second-order valence-electron chi connectivity index (χ2n) is 6.76. The number of halogens is 1. The predicted octanol–water partition coefficient (Wildman–Crippen LogP) is 2.09. The van der Waals surface area contributed by atoms with Crippen LogP contribution in [-0.4, -0.2) is 53.4 Å². The molecule has 0 radical (unpaired) electrons. The minimum atomic E-state index is -3.65. The summed E-state index contributed by atoms with van der Waals surface area (Å²) in [5.74, 6) is 5.16. The maximum absolute atomic E-state index is 14.0. The number of thioether (sulfide) groups is 1. The molecule has 0 spiro atoms. The third kappa shape index (κ3) is 4.86. The number of carbonyl (C=O) groups is 1. The summed E-state index contributed by atoms with van der Waals surface area (Å²) in [7, 11) is -0.766. The highest BCUT2D eigenvalue weighted by Crippen LogP contribution is 2.25. The van der Waals surface area contributed by atoms with Gasteiger partial charge in [0.25, 0.3) is 0 Å². The van der Waals surface area contributed by atoms with Crippen LogP contribution < -0.4 is 11.2 Å². The van der Waals surface area contributed by atoms with Crippen molar-refractivity contribution in [1.82, 2.24) is 19.2 Å². The zero-order chi connectivity index (χ0) is 22.8. The molecule has 0 aliphatic carbocycles. The largest absolute Gasteiger partial charge is 0.335 e. The van der Waals surface area contributed by atoms with Crippen LogP contribution in [0.2, 0.25) is 0 Å². The Labute approximate surface area is 183 Å². The molecule has 0 fully saturated rings. The number of nitrogens with two attached hydrogens (primary N) is 1. The van der Waals surface area contributed by atoms with Crippen molar-refractivity contribution < 1.29 is 17.6 Å². The van der Waals surface area contributed by atoms with Crippen molar-refractivity contribution >= 4 is 33.4 Å². The van der Waals surface area contributed by atoms with E-state index < -0.39 is 21.7 Å². The van der Waals surface area contributed by atoms with Crippen LogP contribution in [0.5, 0.6) is 0 Å². The lowest BCUT2D eigenvalue weighted by Crippen LogP contribution is -2.23. The van der Waals surface area contributed by atoms with E-state index in [1.807, 2.05) is 0 Å². The number of anilines is 1. The van der Waals surface area contributed by atoms with Crippen molar-refractivity contribution in [3.8, 4) is 11.4 Å². The van der Waals surface area contributed by atoms with Gasteiger partial charge in [0.05, 0.1) is 16.2 Å². The summed E-state index contributed by atoms with van der Waals surface area (Å²) in [5.41, 5.74) is 1.11. The minimum absolute atomic E-state index is 0.0593. The smallest absolute Gasteiger partial charge is 0.242 e. The molecule has 0 aliphatic rings. The van der Waals surface area contributed by atoms with E-state index in [2.05, 4.69) is 15.5 Å². The Morgan fingerprint density at radius 2 is 1.94 bits per heavy atom. The van der Waals surface area contributed by atoms with E-state index in [4.69, 9.17) is 5.84 Å². The molecule has 9 nitrogen and oxygen atoms in total. The molecular weight excluding hydrogens is 443 g/mol. The van der Waals surface area contributed by atoms with Gasteiger partial charge in [-0.3, -0.25) is 4.79 Å².